The zero-order chi connectivity index (χ0) is 13.9. The van der Waals surface area contributed by atoms with Crippen molar-refractivity contribution in [3.8, 4) is 0 Å². The first kappa shape index (κ1) is 14.1. The third-order valence-electron chi connectivity index (χ3n) is 1.83. The number of ketones is 1. The molecule has 18 heavy (non-hydrogen) atoms. The van der Waals surface area contributed by atoms with Gasteiger partial charge in [0.05, 0.1) is 0 Å². The van der Waals surface area contributed by atoms with Crippen molar-refractivity contribution in [2.24, 2.45) is 0 Å². The Balaban J connectivity index is 3.22. The van der Waals surface area contributed by atoms with Crippen LogP contribution in [0.4, 0.5) is 22.0 Å². The summed E-state index contributed by atoms with van der Waals surface area (Å²) in [5.74, 6) is -3.31. The molecule has 98 valence electrons. The van der Waals surface area contributed by atoms with Crippen LogP contribution >= 0.6 is 0 Å². The highest BCUT2D eigenvalue weighted by Gasteiger charge is 2.34. The van der Waals surface area contributed by atoms with Gasteiger partial charge in [0.2, 0.25) is 5.78 Å². The SMILES string of the molecule is O=C(/C=C(\[O-])c1cccnc1C(F)(F)F)C(F)F. The Hall–Kier alpha value is -1.99. The molecule has 0 spiro atoms. The summed E-state index contributed by atoms with van der Waals surface area (Å²) in [7, 11) is 0. The predicted octanol–water partition coefficient (Wildman–Crippen LogP) is 1.64. The lowest BCUT2D eigenvalue weighted by molar-refractivity contribution is -0.245. The smallest absolute Gasteiger partial charge is 0.433 e. The highest BCUT2D eigenvalue weighted by molar-refractivity contribution is 5.97. The fraction of sp³-hybridized carbons (Fsp3) is 0.200. The van der Waals surface area contributed by atoms with Gasteiger partial charge in [0.25, 0.3) is 6.43 Å². The minimum absolute atomic E-state index is 0.0725. The zero-order valence-corrected chi connectivity index (χ0v) is 8.54. The van der Waals surface area contributed by atoms with Crippen LogP contribution in [-0.2, 0) is 11.0 Å². The van der Waals surface area contributed by atoms with E-state index in [1.54, 1.807) is 0 Å². The Labute approximate surface area is 97.6 Å². The Morgan fingerprint density at radius 2 is 2.00 bits per heavy atom. The van der Waals surface area contributed by atoms with Crippen LogP contribution < -0.4 is 5.11 Å². The van der Waals surface area contributed by atoms with Gasteiger partial charge in [0, 0.05) is 6.20 Å². The summed E-state index contributed by atoms with van der Waals surface area (Å²) in [6.45, 7) is 0. The van der Waals surface area contributed by atoms with E-state index in [9.17, 15) is 31.9 Å². The molecule has 1 rings (SSSR count). The van der Waals surface area contributed by atoms with Gasteiger partial charge in [-0.05, 0) is 17.7 Å². The van der Waals surface area contributed by atoms with Crippen LogP contribution in [0.5, 0.6) is 0 Å². The topological polar surface area (TPSA) is 53.0 Å². The number of nitrogens with zero attached hydrogens (tertiary/aromatic N) is 1. The van der Waals surface area contributed by atoms with Gasteiger partial charge < -0.3 is 5.11 Å². The van der Waals surface area contributed by atoms with Crippen LogP contribution in [0, 0.1) is 0 Å². The molecule has 1 aromatic heterocycles. The third-order valence-corrected chi connectivity index (χ3v) is 1.83. The van der Waals surface area contributed by atoms with Crippen molar-refractivity contribution in [3.63, 3.8) is 0 Å². The van der Waals surface area contributed by atoms with E-state index in [1.165, 1.54) is 0 Å². The lowest BCUT2D eigenvalue weighted by Gasteiger charge is -2.17. The molecule has 0 amide bonds. The normalized spacial score (nSPS) is 12.9. The Kier molecular flexibility index (Phi) is 4.00. The Morgan fingerprint density at radius 1 is 1.39 bits per heavy atom. The Bertz CT molecular complexity index is 481. The lowest BCUT2D eigenvalue weighted by Crippen LogP contribution is -2.17. The van der Waals surface area contributed by atoms with E-state index in [0.29, 0.717) is 0 Å². The van der Waals surface area contributed by atoms with E-state index >= 15 is 0 Å². The van der Waals surface area contributed by atoms with Crippen molar-refractivity contribution in [1.29, 1.82) is 0 Å². The zero-order valence-electron chi connectivity index (χ0n) is 8.54. The van der Waals surface area contributed by atoms with Gasteiger partial charge in [-0.2, -0.15) is 13.2 Å². The van der Waals surface area contributed by atoms with Gasteiger partial charge in [0.15, 0.2) is 5.69 Å². The number of carbonyl (C=O) groups excluding carboxylic acids is 1. The summed E-state index contributed by atoms with van der Waals surface area (Å²) in [6, 6.07) is 1.79. The van der Waals surface area contributed by atoms with Gasteiger partial charge in [-0.25, -0.2) is 8.78 Å². The van der Waals surface area contributed by atoms with Crippen molar-refractivity contribution >= 4 is 11.5 Å². The number of aromatic nitrogens is 1. The summed E-state index contributed by atoms with van der Waals surface area (Å²) in [6.07, 6.45) is -7.63. The van der Waals surface area contributed by atoms with Crippen molar-refractivity contribution < 1.29 is 31.9 Å². The second-order valence-corrected chi connectivity index (χ2v) is 3.11. The van der Waals surface area contributed by atoms with E-state index in [0.717, 1.165) is 18.3 Å². The average Bonchev–Trinajstić information content (AvgIpc) is 2.27. The van der Waals surface area contributed by atoms with Crippen molar-refractivity contribution in [2.45, 2.75) is 12.6 Å². The van der Waals surface area contributed by atoms with Gasteiger partial charge >= 0.3 is 6.18 Å². The molecule has 1 aromatic rings. The maximum absolute atomic E-state index is 12.4. The van der Waals surface area contributed by atoms with Crippen molar-refractivity contribution in [2.75, 3.05) is 0 Å². The second kappa shape index (κ2) is 5.11. The molecule has 1 heterocycles. The molecule has 0 N–H and O–H groups in total. The van der Waals surface area contributed by atoms with E-state index in [-0.39, 0.29) is 6.08 Å². The van der Waals surface area contributed by atoms with Crippen molar-refractivity contribution in [1.82, 2.24) is 4.98 Å². The van der Waals surface area contributed by atoms with E-state index < -0.39 is 35.4 Å². The molecule has 0 aromatic carbocycles. The number of rotatable bonds is 3. The maximum Gasteiger partial charge on any atom is 0.433 e. The number of pyridine rings is 1. The van der Waals surface area contributed by atoms with Crippen LogP contribution in [0.3, 0.4) is 0 Å². The lowest BCUT2D eigenvalue weighted by atomic mass is 10.1. The van der Waals surface area contributed by atoms with Gasteiger partial charge in [-0.1, -0.05) is 11.8 Å². The fourth-order valence-electron chi connectivity index (χ4n) is 1.10. The number of carbonyl (C=O) groups is 1. The molecular weight excluding hydrogens is 261 g/mol. The number of allylic oxidation sites excluding steroid dienone is 1. The fourth-order valence-corrected chi connectivity index (χ4v) is 1.10. The number of alkyl halides is 5. The molecule has 0 fully saturated rings. The van der Waals surface area contributed by atoms with Crippen LogP contribution in [-0.4, -0.2) is 17.2 Å². The molecule has 3 nitrogen and oxygen atoms in total. The van der Waals surface area contributed by atoms with Crippen LogP contribution in [0.25, 0.3) is 5.76 Å². The van der Waals surface area contributed by atoms with Gasteiger partial charge in [-0.15, -0.1) is 0 Å². The number of hydrogen-bond donors (Lipinski definition) is 0. The monoisotopic (exact) mass is 266 g/mol. The molecule has 0 aliphatic heterocycles. The highest BCUT2D eigenvalue weighted by atomic mass is 19.4. The quantitative estimate of drug-likeness (QED) is 0.474. The second-order valence-electron chi connectivity index (χ2n) is 3.11. The first-order valence-electron chi connectivity index (χ1n) is 4.46. The van der Waals surface area contributed by atoms with Gasteiger partial charge in [0.1, 0.15) is 0 Å². The van der Waals surface area contributed by atoms with Crippen LogP contribution in [0.1, 0.15) is 11.3 Å². The summed E-state index contributed by atoms with van der Waals surface area (Å²) in [5.41, 5.74) is -2.47. The molecule has 0 unspecified atom stereocenters. The van der Waals surface area contributed by atoms with E-state index in [2.05, 4.69) is 4.98 Å². The number of hydrogen-bond acceptors (Lipinski definition) is 3. The maximum atomic E-state index is 12.4. The molecular formula is C10H5F5NO2-. The molecule has 0 saturated carbocycles. The minimum Gasteiger partial charge on any atom is -0.872 e. The van der Waals surface area contributed by atoms with Crippen LogP contribution in [0.15, 0.2) is 24.4 Å². The first-order valence-corrected chi connectivity index (χ1v) is 4.46. The molecule has 0 aliphatic carbocycles. The van der Waals surface area contributed by atoms with Gasteiger partial charge in [-0.3, -0.25) is 9.78 Å². The molecule has 8 heteroatoms. The predicted molar refractivity (Wildman–Crippen MR) is 48.2 cm³/mol. The van der Waals surface area contributed by atoms with Crippen LogP contribution in [0.2, 0.25) is 0 Å². The van der Waals surface area contributed by atoms with E-state index in [4.69, 9.17) is 0 Å². The molecule has 0 atom stereocenters. The summed E-state index contributed by atoms with van der Waals surface area (Å²) >= 11 is 0. The largest absolute Gasteiger partial charge is 0.872 e. The van der Waals surface area contributed by atoms with E-state index in [1.807, 2.05) is 0 Å². The molecule has 0 radical (unpaired) electrons. The summed E-state index contributed by atoms with van der Waals surface area (Å²) < 4.78 is 61.1. The Morgan fingerprint density at radius 3 is 2.50 bits per heavy atom. The number of halogens is 5. The highest BCUT2D eigenvalue weighted by Crippen LogP contribution is 2.31. The standard InChI is InChI=1S/C10H6F5NO2/c11-9(12)7(18)4-6(17)5-2-1-3-16-8(5)10(13,14)15/h1-4,9,17H/p-1/b6-4-. The van der Waals surface area contributed by atoms with Crippen molar-refractivity contribution in [3.05, 3.63) is 35.7 Å². The molecule has 0 aliphatic rings. The third kappa shape index (κ3) is 3.25. The molecule has 0 saturated heterocycles. The molecule has 0 bridgehead atoms. The first-order chi connectivity index (χ1) is 8.23. The summed E-state index contributed by atoms with van der Waals surface area (Å²) in [4.78, 5) is 13.5. The average molecular weight is 266 g/mol. The summed E-state index contributed by atoms with van der Waals surface area (Å²) in [5, 5.41) is 11.3. The minimum atomic E-state index is -4.91.